The van der Waals surface area contributed by atoms with Gasteiger partial charge in [0.2, 0.25) is 0 Å². The van der Waals surface area contributed by atoms with Crippen molar-refractivity contribution < 1.29 is 0 Å². The summed E-state index contributed by atoms with van der Waals surface area (Å²) in [5.74, 6) is 0. The monoisotopic (exact) mass is 149 g/mol. The van der Waals surface area contributed by atoms with Gasteiger partial charge in [0, 0.05) is 18.8 Å². The summed E-state index contributed by atoms with van der Waals surface area (Å²) in [5, 5.41) is 0. The van der Waals surface area contributed by atoms with Crippen molar-refractivity contribution in [3.8, 4) is 0 Å². The van der Waals surface area contributed by atoms with Crippen molar-refractivity contribution >= 4 is 6.08 Å². The van der Waals surface area contributed by atoms with Crippen molar-refractivity contribution in [1.82, 2.24) is 4.57 Å². The molecule has 0 bridgehead atoms. The third-order valence-corrected chi connectivity index (χ3v) is 1.65. The zero-order chi connectivity index (χ0) is 8.43. The molecule has 0 fully saturated rings. The lowest BCUT2D eigenvalue weighted by Gasteiger charge is -2.02. The first-order valence-corrected chi connectivity index (χ1v) is 3.45. The largest absolute Gasteiger partial charge is 0.312 e. The molecule has 0 unspecified atom stereocenters. The number of rotatable bonds is 1. The lowest BCUT2D eigenvalue weighted by Crippen LogP contribution is -2.17. The summed E-state index contributed by atoms with van der Waals surface area (Å²) in [6, 6.07) is 3.53. The van der Waals surface area contributed by atoms with Gasteiger partial charge in [-0.25, -0.2) is 0 Å². The molecule has 0 spiro atoms. The normalized spacial score (nSPS) is 9.64. The molecule has 1 aromatic rings. The summed E-state index contributed by atoms with van der Waals surface area (Å²) < 4.78 is 1.57. The van der Waals surface area contributed by atoms with E-state index in [9.17, 15) is 4.79 Å². The maximum atomic E-state index is 11.1. The molecular formula is C9H11NO. The molecule has 0 aliphatic rings. The molecule has 0 saturated carbocycles. The van der Waals surface area contributed by atoms with Gasteiger partial charge in [0.25, 0.3) is 5.56 Å². The Labute approximate surface area is 65.8 Å². The van der Waals surface area contributed by atoms with Gasteiger partial charge in [0.15, 0.2) is 0 Å². The summed E-state index contributed by atoms with van der Waals surface area (Å²) in [7, 11) is 1.73. The average molecular weight is 149 g/mol. The molecule has 58 valence electrons. The maximum absolute atomic E-state index is 11.1. The molecule has 1 heterocycles. The fourth-order valence-electron chi connectivity index (χ4n) is 0.986. The molecule has 2 heteroatoms. The van der Waals surface area contributed by atoms with Crippen LogP contribution in [0.3, 0.4) is 0 Å². The van der Waals surface area contributed by atoms with Gasteiger partial charge in [0.05, 0.1) is 0 Å². The first kappa shape index (κ1) is 7.79. The highest BCUT2D eigenvalue weighted by atomic mass is 16.1. The SMILES string of the molecule is C=Cc1cc(C)cc(=O)n1C. The summed E-state index contributed by atoms with van der Waals surface area (Å²) in [6.07, 6.45) is 1.67. The van der Waals surface area contributed by atoms with E-state index in [1.54, 1.807) is 23.8 Å². The van der Waals surface area contributed by atoms with Crippen LogP contribution in [0, 0.1) is 6.92 Å². The van der Waals surface area contributed by atoms with Crippen molar-refractivity contribution in [2.24, 2.45) is 7.05 Å². The third-order valence-electron chi connectivity index (χ3n) is 1.65. The second-order valence-corrected chi connectivity index (χ2v) is 2.56. The van der Waals surface area contributed by atoms with Gasteiger partial charge in [0.1, 0.15) is 0 Å². The van der Waals surface area contributed by atoms with Crippen molar-refractivity contribution in [3.05, 3.63) is 40.3 Å². The smallest absolute Gasteiger partial charge is 0.250 e. The zero-order valence-corrected chi connectivity index (χ0v) is 6.79. The standard InChI is InChI=1S/C9H11NO/c1-4-8-5-7(2)6-9(11)10(8)3/h4-6H,1H2,2-3H3. The fraction of sp³-hybridized carbons (Fsp3) is 0.222. The number of hydrogen-bond acceptors (Lipinski definition) is 1. The van der Waals surface area contributed by atoms with E-state index < -0.39 is 0 Å². The van der Waals surface area contributed by atoms with Gasteiger partial charge in [-0.15, -0.1) is 0 Å². The molecule has 1 aromatic heterocycles. The summed E-state index contributed by atoms with van der Waals surface area (Å²) in [5.41, 5.74) is 1.85. The predicted octanol–water partition coefficient (Wildman–Crippen LogP) is 1.34. The quantitative estimate of drug-likeness (QED) is 0.590. The zero-order valence-electron chi connectivity index (χ0n) is 6.79. The van der Waals surface area contributed by atoms with E-state index in [0.717, 1.165) is 11.3 Å². The van der Waals surface area contributed by atoms with Gasteiger partial charge in [-0.05, 0) is 24.6 Å². The Kier molecular flexibility index (Phi) is 1.94. The number of hydrogen-bond donors (Lipinski definition) is 0. The van der Waals surface area contributed by atoms with Crippen molar-refractivity contribution in [2.45, 2.75) is 6.92 Å². The van der Waals surface area contributed by atoms with Crippen LogP contribution < -0.4 is 5.56 Å². The molecule has 2 nitrogen and oxygen atoms in total. The first-order chi connectivity index (χ1) is 5.15. The molecule has 0 radical (unpaired) electrons. The van der Waals surface area contributed by atoms with E-state index in [1.165, 1.54) is 0 Å². The molecule has 0 aliphatic carbocycles. The van der Waals surface area contributed by atoms with Crippen LogP contribution in [0.2, 0.25) is 0 Å². The highest BCUT2D eigenvalue weighted by Crippen LogP contribution is 1.99. The number of aromatic nitrogens is 1. The van der Waals surface area contributed by atoms with Gasteiger partial charge in [-0.3, -0.25) is 4.79 Å². The third kappa shape index (κ3) is 1.40. The Bertz CT molecular complexity index is 336. The summed E-state index contributed by atoms with van der Waals surface area (Å²) in [4.78, 5) is 11.1. The number of aryl methyl sites for hydroxylation is 1. The van der Waals surface area contributed by atoms with Gasteiger partial charge < -0.3 is 4.57 Å². The van der Waals surface area contributed by atoms with E-state index in [2.05, 4.69) is 6.58 Å². The lowest BCUT2D eigenvalue weighted by molar-refractivity contribution is 0.844. The molecule has 0 amide bonds. The van der Waals surface area contributed by atoms with E-state index in [4.69, 9.17) is 0 Å². The van der Waals surface area contributed by atoms with Crippen LogP contribution in [0.25, 0.3) is 6.08 Å². The van der Waals surface area contributed by atoms with Gasteiger partial charge >= 0.3 is 0 Å². The molecule has 1 rings (SSSR count). The molecule has 0 saturated heterocycles. The minimum Gasteiger partial charge on any atom is -0.312 e. The van der Waals surface area contributed by atoms with E-state index in [0.29, 0.717) is 0 Å². The Morgan fingerprint density at radius 3 is 2.73 bits per heavy atom. The van der Waals surface area contributed by atoms with Gasteiger partial charge in [-0.2, -0.15) is 0 Å². The number of nitrogens with zero attached hydrogens (tertiary/aromatic N) is 1. The van der Waals surface area contributed by atoms with E-state index in [1.807, 2.05) is 13.0 Å². The maximum Gasteiger partial charge on any atom is 0.250 e. The molecule has 0 aromatic carbocycles. The van der Waals surface area contributed by atoms with Crippen LogP contribution >= 0.6 is 0 Å². The minimum atomic E-state index is 0.0138. The van der Waals surface area contributed by atoms with Crippen LogP contribution in [-0.4, -0.2) is 4.57 Å². The Morgan fingerprint density at radius 2 is 2.18 bits per heavy atom. The predicted molar refractivity (Wildman–Crippen MR) is 46.5 cm³/mol. The Balaban J connectivity index is 3.48. The van der Waals surface area contributed by atoms with Crippen LogP contribution in [0.1, 0.15) is 11.3 Å². The van der Waals surface area contributed by atoms with E-state index in [-0.39, 0.29) is 5.56 Å². The molecular weight excluding hydrogens is 138 g/mol. The molecule has 0 N–H and O–H groups in total. The highest BCUT2D eigenvalue weighted by Gasteiger charge is 1.95. The lowest BCUT2D eigenvalue weighted by atomic mass is 10.2. The van der Waals surface area contributed by atoms with Crippen molar-refractivity contribution in [3.63, 3.8) is 0 Å². The minimum absolute atomic E-state index is 0.0138. The van der Waals surface area contributed by atoms with Crippen LogP contribution in [0.4, 0.5) is 0 Å². The van der Waals surface area contributed by atoms with Crippen LogP contribution in [0.15, 0.2) is 23.5 Å². The van der Waals surface area contributed by atoms with Crippen molar-refractivity contribution in [2.75, 3.05) is 0 Å². The Morgan fingerprint density at radius 1 is 1.55 bits per heavy atom. The van der Waals surface area contributed by atoms with Crippen LogP contribution in [0.5, 0.6) is 0 Å². The average Bonchev–Trinajstić information content (AvgIpc) is 1.96. The summed E-state index contributed by atoms with van der Waals surface area (Å²) >= 11 is 0. The van der Waals surface area contributed by atoms with Crippen LogP contribution in [-0.2, 0) is 7.05 Å². The fourth-order valence-corrected chi connectivity index (χ4v) is 0.986. The second-order valence-electron chi connectivity index (χ2n) is 2.56. The summed E-state index contributed by atoms with van der Waals surface area (Å²) in [6.45, 7) is 5.51. The second kappa shape index (κ2) is 2.74. The number of pyridine rings is 1. The topological polar surface area (TPSA) is 22.0 Å². The molecule has 0 atom stereocenters. The first-order valence-electron chi connectivity index (χ1n) is 3.45. The van der Waals surface area contributed by atoms with E-state index >= 15 is 0 Å². The molecule has 11 heavy (non-hydrogen) atoms. The van der Waals surface area contributed by atoms with Gasteiger partial charge in [-0.1, -0.05) is 6.58 Å². The highest BCUT2D eigenvalue weighted by molar-refractivity contribution is 5.43. The molecule has 0 aliphatic heterocycles. The van der Waals surface area contributed by atoms with Crippen molar-refractivity contribution in [1.29, 1.82) is 0 Å². The Hall–Kier alpha value is -1.31.